The first-order valence-corrected chi connectivity index (χ1v) is 8.20. The molecule has 112 valence electrons. The first kappa shape index (κ1) is 15.3. The maximum atomic E-state index is 3.72. The van der Waals surface area contributed by atoms with E-state index in [4.69, 9.17) is 0 Å². The number of nitrogens with one attached hydrogen (secondary N) is 1. The van der Waals surface area contributed by atoms with Gasteiger partial charge in [0.1, 0.15) is 0 Å². The Morgan fingerprint density at radius 1 is 1.11 bits per heavy atom. The molecule has 2 aliphatic rings. The zero-order valence-corrected chi connectivity index (χ0v) is 13.4. The molecule has 1 N–H and O–H groups in total. The van der Waals surface area contributed by atoms with Gasteiger partial charge >= 0.3 is 0 Å². The number of rotatable bonds is 3. The van der Waals surface area contributed by atoms with E-state index in [1.54, 1.807) is 0 Å². The second-order valence-corrected chi connectivity index (χ2v) is 7.41. The van der Waals surface area contributed by atoms with Gasteiger partial charge in [0.05, 0.1) is 0 Å². The zero-order chi connectivity index (χ0) is 13.9. The highest BCUT2D eigenvalue weighted by Gasteiger charge is 2.28. The number of hydrogen-bond donors (Lipinski definition) is 1. The lowest BCUT2D eigenvalue weighted by atomic mass is 9.90. The highest BCUT2D eigenvalue weighted by Crippen LogP contribution is 2.21. The van der Waals surface area contributed by atoms with Gasteiger partial charge in [0.2, 0.25) is 0 Å². The molecule has 0 aliphatic carbocycles. The lowest BCUT2D eigenvalue weighted by Crippen LogP contribution is -2.56. The van der Waals surface area contributed by atoms with E-state index < -0.39 is 0 Å². The van der Waals surface area contributed by atoms with Crippen molar-refractivity contribution in [3.8, 4) is 0 Å². The summed E-state index contributed by atoms with van der Waals surface area (Å²) in [5.74, 6) is 0.960. The van der Waals surface area contributed by atoms with Gasteiger partial charge in [-0.25, -0.2) is 0 Å². The Balaban J connectivity index is 1.73. The Morgan fingerprint density at radius 3 is 2.37 bits per heavy atom. The minimum absolute atomic E-state index is 0.336. The fourth-order valence-corrected chi connectivity index (χ4v) is 3.52. The molecule has 0 saturated carbocycles. The Morgan fingerprint density at radius 2 is 1.79 bits per heavy atom. The summed E-state index contributed by atoms with van der Waals surface area (Å²) in [6.07, 6.45) is 4.12. The Bertz CT molecular complexity index is 264. The molecule has 0 spiro atoms. The van der Waals surface area contributed by atoms with Gasteiger partial charge in [0, 0.05) is 44.3 Å². The molecule has 0 radical (unpaired) electrons. The summed E-state index contributed by atoms with van der Waals surface area (Å²) < 4.78 is 0. The van der Waals surface area contributed by atoms with Gasteiger partial charge in [-0.05, 0) is 46.1 Å². The van der Waals surface area contributed by atoms with Crippen molar-refractivity contribution >= 4 is 0 Å². The molecule has 2 atom stereocenters. The van der Waals surface area contributed by atoms with Crippen molar-refractivity contribution in [2.24, 2.45) is 5.92 Å². The molecule has 2 unspecified atom stereocenters. The molecule has 0 aromatic carbocycles. The van der Waals surface area contributed by atoms with E-state index in [-0.39, 0.29) is 0 Å². The molecule has 0 bridgehead atoms. The van der Waals surface area contributed by atoms with E-state index in [1.165, 1.54) is 58.5 Å². The lowest BCUT2D eigenvalue weighted by molar-refractivity contribution is 0.0548. The molecule has 3 nitrogen and oxygen atoms in total. The maximum Gasteiger partial charge on any atom is 0.0197 e. The van der Waals surface area contributed by atoms with Crippen LogP contribution >= 0.6 is 0 Å². The molecule has 2 saturated heterocycles. The average molecular weight is 267 g/mol. The second-order valence-electron chi connectivity index (χ2n) is 7.41. The molecule has 0 aromatic rings. The van der Waals surface area contributed by atoms with Gasteiger partial charge in [0.25, 0.3) is 0 Å². The molecule has 2 rings (SSSR count). The Kier molecular flexibility index (Phi) is 5.27. The third-order valence-corrected chi connectivity index (χ3v) is 4.98. The molecule has 2 heterocycles. The third kappa shape index (κ3) is 4.44. The maximum absolute atomic E-state index is 3.72. The monoisotopic (exact) mass is 267 g/mol. The van der Waals surface area contributed by atoms with Crippen LogP contribution in [-0.2, 0) is 0 Å². The van der Waals surface area contributed by atoms with Crippen LogP contribution in [0, 0.1) is 5.92 Å². The number of piperidine rings is 1. The molecule has 2 aliphatic heterocycles. The fraction of sp³-hybridized carbons (Fsp3) is 1.00. The fourth-order valence-electron chi connectivity index (χ4n) is 3.52. The summed E-state index contributed by atoms with van der Waals surface area (Å²) in [5.41, 5.74) is 0.336. The molecule has 19 heavy (non-hydrogen) atoms. The van der Waals surface area contributed by atoms with E-state index in [1.807, 2.05) is 0 Å². The van der Waals surface area contributed by atoms with Crippen LogP contribution in [-0.4, -0.2) is 60.6 Å². The van der Waals surface area contributed by atoms with Crippen molar-refractivity contribution in [2.45, 2.75) is 58.5 Å². The predicted molar refractivity (Wildman–Crippen MR) is 82.6 cm³/mol. The molecule has 0 aromatic heterocycles. The summed E-state index contributed by atoms with van der Waals surface area (Å²) in [5, 5.41) is 3.72. The predicted octanol–water partition coefficient (Wildman–Crippen LogP) is 2.18. The molecule has 2 fully saturated rings. The largest absolute Gasteiger partial charge is 0.313 e. The summed E-state index contributed by atoms with van der Waals surface area (Å²) in [6, 6.07) is 0.736. The van der Waals surface area contributed by atoms with Gasteiger partial charge in [0.15, 0.2) is 0 Å². The van der Waals surface area contributed by atoms with Gasteiger partial charge in [-0.1, -0.05) is 13.3 Å². The van der Waals surface area contributed by atoms with Crippen molar-refractivity contribution in [2.75, 3.05) is 39.3 Å². The lowest BCUT2D eigenvalue weighted by Gasteiger charge is -2.43. The van der Waals surface area contributed by atoms with E-state index in [0.717, 1.165) is 12.0 Å². The van der Waals surface area contributed by atoms with E-state index >= 15 is 0 Å². The molecular formula is C16H33N3. The summed E-state index contributed by atoms with van der Waals surface area (Å²) >= 11 is 0. The summed E-state index contributed by atoms with van der Waals surface area (Å²) in [7, 11) is 0. The van der Waals surface area contributed by atoms with Crippen LogP contribution in [0.25, 0.3) is 0 Å². The van der Waals surface area contributed by atoms with Gasteiger partial charge in [-0.2, -0.15) is 0 Å². The minimum Gasteiger partial charge on any atom is -0.313 e. The molecular weight excluding hydrogens is 234 g/mol. The topological polar surface area (TPSA) is 18.5 Å². The SMILES string of the molecule is CCC1CCNC(CN2CCN(C(C)(C)C)CC2)C1. The number of nitrogens with zero attached hydrogens (tertiary/aromatic N) is 2. The minimum atomic E-state index is 0.336. The first-order valence-electron chi connectivity index (χ1n) is 8.20. The van der Waals surface area contributed by atoms with E-state index in [0.29, 0.717) is 5.54 Å². The van der Waals surface area contributed by atoms with Gasteiger partial charge < -0.3 is 5.32 Å². The number of hydrogen-bond acceptors (Lipinski definition) is 3. The van der Waals surface area contributed by atoms with Crippen LogP contribution in [0.3, 0.4) is 0 Å². The highest BCUT2D eigenvalue weighted by molar-refractivity contribution is 4.85. The van der Waals surface area contributed by atoms with Crippen LogP contribution in [0.2, 0.25) is 0 Å². The Labute approximate surface area is 119 Å². The normalized spacial score (nSPS) is 31.6. The van der Waals surface area contributed by atoms with Crippen molar-refractivity contribution < 1.29 is 0 Å². The summed E-state index contributed by atoms with van der Waals surface area (Å²) in [6.45, 7) is 16.8. The van der Waals surface area contributed by atoms with Crippen LogP contribution < -0.4 is 5.32 Å². The average Bonchev–Trinajstić information content (AvgIpc) is 2.38. The first-order chi connectivity index (χ1) is 8.99. The van der Waals surface area contributed by atoms with Crippen LogP contribution in [0.4, 0.5) is 0 Å². The van der Waals surface area contributed by atoms with Gasteiger partial charge in [-0.15, -0.1) is 0 Å². The Hall–Kier alpha value is -0.120. The summed E-state index contributed by atoms with van der Waals surface area (Å²) in [4.78, 5) is 5.28. The standard InChI is InChI=1S/C16H33N3/c1-5-14-6-7-17-15(12-14)13-18-8-10-19(11-9-18)16(2,3)4/h14-15,17H,5-13H2,1-4H3. The van der Waals surface area contributed by atoms with Gasteiger partial charge in [-0.3, -0.25) is 9.80 Å². The second kappa shape index (κ2) is 6.55. The van der Waals surface area contributed by atoms with Crippen molar-refractivity contribution in [1.29, 1.82) is 0 Å². The van der Waals surface area contributed by atoms with Crippen molar-refractivity contribution in [3.05, 3.63) is 0 Å². The number of piperazine rings is 1. The highest BCUT2D eigenvalue weighted by atomic mass is 15.3. The smallest absolute Gasteiger partial charge is 0.0197 e. The van der Waals surface area contributed by atoms with Crippen molar-refractivity contribution in [1.82, 2.24) is 15.1 Å². The zero-order valence-electron chi connectivity index (χ0n) is 13.4. The van der Waals surface area contributed by atoms with E-state index in [9.17, 15) is 0 Å². The van der Waals surface area contributed by atoms with Crippen LogP contribution in [0.5, 0.6) is 0 Å². The molecule has 3 heteroatoms. The van der Waals surface area contributed by atoms with Crippen LogP contribution in [0.1, 0.15) is 47.0 Å². The third-order valence-electron chi connectivity index (χ3n) is 4.98. The van der Waals surface area contributed by atoms with Crippen molar-refractivity contribution in [3.63, 3.8) is 0 Å². The van der Waals surface area contributed by atoms with Crippen LogP contribution in [0.15, 0.2) is 0 Å². The quantitative estimate of drug-likeness (QED) is 0.845. The van der Waals surface area contributed by atoms with E-state index in [2.05, 4.69) is 42.8 Å². The molecule has 0 amide bonds.